The van der Waals surface area contributed by atoms with Crippen molar-refractivity contribution in [3.05, 3.63) is 52.7 Å². The number of aryl methyl sites for hydroxylation is 1. The molecule has 20 heavy (non-hydrogen) atoms. The molecule has 0 radical (unpaired) electrons. The highest BCUT2D eigenvalue weighted by Gasteiger charge is 2.17. The number of nitrogens with zero attached hydrogens (tertiary/aromatic N) is 3. The lowest BCUT2D eigenvalue weighted by Crippen LogP contribution is -2.10. The van der Waals surface area contributed by atoms with Gasteiger partial charge >= 0.3 is 0 Å². The van der Waals surface area contributed by atoms with Crippen LogP contribution in [0.1, 0.15) is 24.1 Å². The molecule has 1 atom stereocenters. The van der Waals surface area contributed by atoms with Crippen molar-refractivity contribution in [1.82, 2.24) is 14.5 Å². The van der Waals surface area contributed by atoms with E-state index in [0.717, 1.165) is 27.3 Å². The Bertz CT molecular complexity index is 761. The number of hydrogen-bond donors (Lipinski definition) is 1. The molecule has 0 saturated heterocycles. The van der Waals surface area contributed by atoms with Crippen molar-refractivity contribution in [2.24, 2.45) is 0 Å². The second-order valence-electron chi connectivity index (χ2n) is 4.87. The first-order chi connectivity index (χ1) is 9.58. The summed E-state index contributed by atoms with van der Waals surface area (Å²) in [6, 6.07) is 9.73. The molecule has 0 fully saturated rings. The topological polar surface area (TPSA) is 56.7 Å². The van der Waals surface area contributed by atoms with Gasteiger partial charge in [-0.3, -0.25) is 4.57 Å². The van der Waals surface area contributed by atoms with Crippen molar-refractivity contribution >= 4 is 28.7 Å². The molecule has 2 heterocycles. The Hall–Kier alpha value is -2.07. The predicted octanol–water partition coefficient (Wildman–Crippen LogP) is 3.58. The Kier molecular flexibility index (Phi) is 3.10. The van der Waals surface area contributed by atoms with Crippen LogP contribution >= 0.6 is 11.6 Å². The Labute approximate surface area is 122 Å². The van der Waals surface area contributed by atoms with Gasteiger partial charge in [0.05, 0.1) is 6.04 Å². The van der Waals surface area contributed by atoms with Gasteiger partial charge in [-0.05, 0) is 43.2 Å². The van der Waals surface area contributed by atoms with Crippen LogP contribution in [-0.2, 0) is 0 Å². The number of nitrogen functional groups attached to an aromatic ring is 1. The summed E-state index contributed by atoms with van der Waals surface area (Å²) in [5, 5.41) is 0.721. The van der Waals surface area contributed by atoms with Crippen molar-refractivity contribution in [3.8, 4) is 0 Å². The minimum absolute atomic E-state index is 0.0477. The molecular formula is C15H15ClN4. The van der Waals surface area contributed by atoms with Gasteiger partial charge in [-0.1, -0.05) is 23.7 Å². The molecule has 0 spiro atoms. The molecule has 0 aliphatic carbocycles. The molecule has 0 aliphatic heterocycles. The summed E-state index contributed by atoms with van der Waals surface area (Å²) in [6.07, 6.45) is 1.78. The highest BCUT2D eigenvalue weighted by molar-refractivity contribution is 6.30. The Morgan fingerprint density at radius 2 is 1.90 bits per heavy atom. The fraction of sp³-hybridized carbons (Fsp3) is 0.200. The number of anilines is 1. The molecule has 2 N–H and O–H groups in total. The highest BCUT2D eigenvalue weighted by atomic mass is 35.5. The quantitative estimate of drug-likeness (QED) is 0.783. The average molecular weight is 287 g/mol. The van der Waals surface area contributed by atoms with Crippen molar-refractivity contribution < 1.29 is 0 Å². The standard InChI is InChI=1S/C15H15ClN4/c1-9-7-8-18-14-13(9)19-15(17)20(14)10(2)11-3-5-12(16)6-4-11/h3-8,10H,1-2H3,(H2,17,19). The largest absolute Gasteiger partial charge is 0.369 e. The van der Waals surface area contributed by atoms with E-state index in [1.165, 1.54) is 0 Å². The van der Waals surface area contributed by atoms with E-state index in [1.807, 2.05) is 41.8 Å². The minimum atomic E-state index is 0.0477. The van der Waals surface area contributed by atoms with Crippen LogP contribution < -0.4 is 5.73 Å². The summed E-state index contributed by atoms with van der Waals surface area (Å²) in [6.45, 7) is 4.08. The van der Waals surface area contributed by atoms with E-state index in [2.05, 4.69) is 16.9 Å². The molecule has 1 unspecified atom stereocenters. The second-order valence-corrected chi connectivity index (χ2v) is 5.30. The van der Waals surface area contributed by atoms with E-state index >= 15 is 0 Å². The number of imidazole rings is 1. The van der Waals surface area contributed by atoms with Crippen LogP contribution in [0.25, 0.3) is 11.2 Å². The number of pyridine rings is 1. The maximum Gasteiger partial charge on any atom is 0.203 e. The molecule has 0 aliphatic rings. The van der Waals surface area contributed by atoms with Crippen molar-refractivity contribution in [1.29, 1.82) is 0 Å². The molecular weight excluding hydrogens is 272 g/mol. The Morgan fingerprint density at radius 3 is 2.60 bits per heavy atom. The molecule has 3 rings (SSSR count). The van der Waals surface area contributed by atoms with Gasteiger partial charge in [-0.2, -0.15) is 0 Å². The third-order valence-electron chi connectivity index (χ3n) is 3.55. The number of benzene rings is 1. The Morgan fingerprint density at radius 1 is 1.20 bits per heavy atom. The lowest BCUT2D eigenvalue weighted by atomic mass is 10.1. The SMILES string of the molecule is Cc1ccnc2c1nc(N)n2C(C)c1ccc(Cl)cc1. The van der Waals surface area contributed by atoms with Gasteiger partial charge in [-0.25, -0.2) is 9.97 Å². The number of hydrogen-bond acceptors (Lipinski definition) is 3. The summed E-state index contributed by atoms with van der Waals surface area (Å²) in [7, 11) is 0. The summed E-state index contributed by atoms with van der Waals surface area (Å²) < 4.78 is 1.95. The fourth-order valence-corrected chi connectivity index (χ4v) is 2.53. The van der Waals surface area contributed by atoms with Gasteiger partial charge in [0.1, 0.15) is 5.52 Å². The molecule has 4 nitrogen and oxygen atoms in total. The van der Waals surface area contributed by atoms with Gasteiger partial charge in [0.25, 0.3) is 0 Å². The molecule has 0 bridgehead atoms. The molecule has 0 amide bonds. The molecule has 1 aromatic carbocycles. The number of halogens is 1. The summed E-state index contributed by atoms with van der Waals surface area (Å²) in [5.41, 5.74) is 9.93. The van der Waals surface area contributed by atoms with Crippen molar-refractivity contribution in [2.45, 2.75) is 19.9 Å². The first-order valence-electron chi connectivity index (χ1n) is 6.42. The molecule has 2 aromatic heterocycles. The van der Waals surface area contributed by atoms with Gasteiger partial charge in [0.15, 0.2) is 5.65 Å². The minimum Gasteiger partial charge on any atom is -0.369 e. The third kappa shape index (κ3) is 2.02. The molecule has 0 saturated carbocycles. The zero-order chi connectivity index (χ0) is 14.3. The van der Waals surface area contributed by atoms with Crippen LogP contribution in [0.2, 0.25) is 5.02 Å². The van der Waals surface area contributed by atoms with E-state index in [9.17, 15) is 0 Å². The van der Waals surface area contributed by atoms with E-state index in [4.69, 9.17) is 17.3 Å². The monoisotopic (exact) mass is 286 g/mol. The molecule has 3 aromatic rings. The maximum absolute atomic E-state index is 6.08. The predicted molar refractivity (Wildman–Crippen MR) is 81.9 cm³/mol. The van der Waals surface area contributed by atoms with E-state index in [-0.39, 0.29) is 6.04 Å². The van der Waals surface area contributed by atoms with Crippen LogP contribution in [0.3, 0.4) is 0 Å². The summed E-state index contributed by atoms with van der Waals surface area (Å²) >= 11 is 5.93. The van der Waals surface area contributed by atoms with E-state index < -0.39 is 0 Å². The number of fused-ring (bicyclic) bond motifs is 1. The lowest BCUT2D eigenvalue weighted by Gasteiger charge is -2.16. The van der Waals surface area contributed by atoms with E-state index in [0.29, 0.717) is 5.95 Å². The zero-order valence-corrected chi connectivity index (χ0v) is 12.1. The summed E-state index contributed by atoms with van der Waals surface area (Å²) in [4.78, 5) is 8.85. The molecule has 5 heteroatoms. The summed E-state index contributed by atoms with van der Waals surface area (Å²) in [5.74, 6) is 0.476. The Balaban J connectivity index is 2.16. The van der Waals surface area contributed by atoms with Crippen LogP contribution in [0.5, 0.6) is 0 Å². The van der Waals surface area contributed by atoms with Crippen molar-refractivity contribution in [2.75, 3.05) is 5.73 Å². The van der Waals surface area contributed by atoms with Gasteiger partial charge in [0, 0.05) is 11.2 Å². The van der Waals surface area contributed by atoms with Gasteiger partial charge < -0.3 is 5.73 Å². The first-order valence-corrected chi connectivity index (χ1v) is 6.80. The maximum atomic E-state index is 6.08. The third-order valence-corrected chi connectivity index (χ3v) is 3.80. The number of nitrogens with two attached hydrogens (primary N) is 1. The van der Waals surface area contributed by atoms with Crippen LogP contribution in [0.4, 0.5) is 5.95 Å². The zero-order valence-electron chi connectivity index (χ0n) is 11.3. The average Bonchev–Trinajstić information content (AvgIpc) is 2.77. The van der Waals surface area contributed by atoms with Gasteiger partial charge in [0.2, 0.25) is 5.95 Å². The highest BCUT2D eigenvalue weighted by Crippen LogP contribution is 2.27. The van der Waals surface area contributed by atoms with E-state index in [1.54, 1.807) is 6.20 Å². The van der Waals surface area contributed by atoms with Crippen molar-refractivity contribution in [3.63, 3.8) is 0 Å². The van der Waals surface area contributed by atoms with Gasteiger partial charge in [-0.15, -0.1) is 0 Å². The fourth-order valence-electron chi connectivity index (χ4n) is 2.40. The smallest absolute Gasteiger partial charge is 0.203 e. The second kappa shape index (κ2) is 4.80. The van der Waals surface area contributed by atoms with Crippen LogP contribution in [0.15, 0.2) is 36.5 Å². The van der Waals surface area contributed by atoms with Crippen LogP contribution in [-0.4, -0.2) is 14.5 Å². The number of aromatic nitrogens is 3. The normalized spacial score (nSPS) is 12.8. The van der Waals surface area contributed by atoms with Crippen LogP contribution in [0, 0.1) is 6.92 Å². The lowest BCUT2D eigenvalue weighted by molar-refractivity contribution is 0.662. The first kappa shape index (κ1) is 12.9. The molecule has 102 valence electrons. The number of rotatable bonds is 2.